The van der Waals surface area contributed by atoms with Gasteiger partial charge in [-0.15, -0.1) is 5.10 Å². The van der Waals surface area contributed by atoms with Gasteiger partial charge in [0.25, 0.3) is 0 Å². The van der Waals surface area contributed by atoms with Gasteiger partial charge in [0.2, 0.25) is 0 Å². The van der Waals surface area contributed by atoms with Crippen molar-refractivity contribution in [1.29, 1.82) is 0 Å². The molecule has 0 amide bonds. The van der Waals surface area contributed by atoms with Gasteiger partial charge in [-0.3, -0.25) is 0 Å². The molecule has 34 heavy (non-hydrogen) atoms. The van der Waals surface area contributed by atoms with Crippen molar-refractivity contribution >= 4 is 35.0 Å². The monoisotopic (exact) mass is 511 g/mol. The summed E-state index contributed by atoms with van der Waals surface area (Å²) in [6, 6.07) is 10.00. The van der Waals surface area contributed by atoms with Crippen molar-refractivity contribution in [3.05, 3.63) is 75.5 Å². The first-order valence-corrected chi connectivity index (χ1v) is 11.3. The third-order valence-electron chi connectivity index (χ3n) is 5.27. The van der Waals surface area contributed by atoms with Gasteiger partial charge in [-0.05, 0) is 65.6 Å². The molecule has 182 valence electrons. The van der Waals surface area contributed by atoms with Gasteiger partial charge in [-0.2, -0.15) is 13.2 Å². The molecule has 0 saturated heterocycles. The molecule has 2 aromatic carbocycles. The number of nitrogens with zero attached hydrogens (tertiary/aromatic N) is 4. The minimum Gasteiger partial charge on any atom is -0.373 e. The van der Waals surface area contributed by atoms with E-state index in [9.17, 15) is 13.2 Å². The molecule has 1 N–H and O–H groups in total. The smallest absolute Gasteiger partial charge is 0.373 e. The summed E-state index contributed by atoms with van der Waals surface area (Å²) in [6.45, 7) is 9.77. The first-order valence-electron chi connectivity index (χ1n) is 10.6. The van der Waals surface area contributed by atoms with Crippen LogP contribution in [0.5, 0.6) is 0 Å². The molecule has 1 atom stereocenters. The maximum Gasteiger partial charge on any atom is 0.416 e. The molecule has 1 heterocycles. The Morgan fingerprint density at radius 2 is 1.71 bits per heavy atom. The van der Waals surface area contributed by atoms with E-state index in [0.29, 0.717) is 21.6 Å². The highest BCUT2D eigenvalue weighted by molar-refractivity contribution is 6.35. The molecular weight excluding hydrogens is 486 g/mol. The molecule has 1 unspecified atom stereocenters. The Morgan fingerprint density at radius 1 is 1.00 bits per heavy atom. The Balaban J connectivity index is 1.96. The predicted molar refractivity (Wildman–Crippen MR) is 130 cm³/mol. The Kier molecular flexibility index (Phi) is 7.34. The van der Waals surface area contributed by atoms with Crippen molar-refractivity contribution < 1.29 is 13.2 Å². The molecule has 1 aromatic heterocycles. The molecule has 0 spiro atoms. The van der Waals surface area contributed by atoms with Crippen molar-refractivity contribution in [2.75, 3.05) is 5.32 Å². The van der Waals surface area contributed by atoms with E-state index in [1.165, 1.54) is 6.07 Å². The Morgan fingerprint density at radius 3 is 2.32 bits per heavy atom. The lowest BCUT2D eigenvalue weighted by atomic mass is 9.85. The normalized spacial score (nSPS) is 13.9. The number of hydrogen-bond donors (Lipinski definition) is 1. The number of rotatable bonds is 6. The Bertz CT molecular complexity index is 1180. The summed E-state index contributed by atoms with van der Waals surface area (Å²) in [5, 5.41) is 16.5. The largest absolute Gasteiger partial charge is 0.416 e. The molecular formula is C24H26Cl2F3N5. The Hall–Kier alpha value is -2.58. The summed E-state index contributed by atoms with van der Waals surface area (Å²) in [6.07, 6.45) is -0.600. The quantitative estimate of drug-likeness (QED) is 0.369. The maximum absolute atomic E-state index is 13.2. The molecule has 0 aliphatic rings. The number of aromatic nitrogens is 4. The summed E-state index contributed by atoms with van der Waals surface area (Å²) < 4.78 is 41.2. The topological polar surface area (TPSA) is 55.6 Å². The fourth-order valence-corrected chi connectivity index (χ4v) is 4.02. The van der Waals surface area contributed by atoms with Crippen LogP contribution >= 0.6 is 23.2 Å². The standard InChI is InChI=1S/C24H26Cl2F3N5/c1-22(2,3)20(12-10-15-9-11-17(25)14-19(15)26)34-21(31-32-33-34)23(4,5)30-18-8-6-7-16(13-18)24(27,28)29/h6-14,20,30H,1-5H3/b12-10+. The lowest BCUT2D eigenvalue weighted by Crippen LogP contribution is -2.35. The van der Waals surface area contributed by atoms with Crippen molar-refractivity contribution in [3.8, 4) is 0 Å². The zero-order valence-electron chi connectivity index (χ0n) is 19.5. The third kappa shape index (κ3) is 6.10. The van der Waals surface area contributed by atoms with Gasteiger partial charge in [-0.25, -0.2) is 4.68 Å². The summed E-state index contributed by atoms with van der Waals surface area (Å²) in [5.41, 5.74) is -0.820. The number of tetrazole rings is 1. The van der Waals surface area contributed by atoms with Crippen LogP contribution in [0, 0.1) is 5.41 Å². The molecule has 0 aliphatic heterocycles. The summed E-state index contributed by atoms with van der Waals surface area (Å²) in [7, 11) is 0. The minimum absolute atomic E-state index is 0.285. The summed E-state index contributed by atoms with van der Waals surface area (Å²) >= 11 is 12.3. The molecule has 0 radical (unpaired) electrons. The molecule has 0 saturated carbocycles. The highest BCUT2D eigenvalue weighted by atomic mass is 35.5. The zero-order chi connectivity index (χ0) is 25.3. The number of hydrogen-bond acceptors (Lipinski definition) is 4. The first kappa shape index (κ1) is 26.0. The van der Waals surface area contributed by atoms with Gasteiger partial charge in [0.15, 0.2) is 5.82 Å². The van der Waals surface area contributed by atoms with E-state index in [1.807, 2.05) is 52.8 Å². The molecule has 0 bridgehead atoms. The van der Waals surface area contributed by atoms with Gasteiger partial charge < -0.3 is 5.32 Å². The Labute approximate surface area is 207 Å². The fraction of sp³-hybridized carbons (Fsp3) is 0.375. The number of allylic oxidation sites excluding steroid dienone is 1. The van der Waals surface area contributed by atoms with E-state index in [-0.39, 0.29) is 11.5 Å². The van der Waals surface area contributed by atoms with Gasteiger partial charge in [0.1, 0.15) is 0 Å². The number of anilines is 1. The van der Waals surface area contributed by atoms with Crippen molar-refractivity contribution in [2.45, 2.75) is 52.4 Å². The zero-order valence-corrected chi connectivity index (χ0v) is 21.0. The number of benzene rings is 2. The summed E-state index contributed by atoms with van der Waals surface area (Å²) in [5.74, 6) is 0.469. The van der Waals surface area contributed by atoms with Crippen molar-refractivity contribution in [3.63, 3.8) is 0 Å². The highest BCUT2D eigenvalue weighted by Crippen LogP contribution is 2.36. The molecule has 0 fully saturated rings. The lowest BCUT2D eigenvalue weighted by molar-refractivity contribution is -0.137. The van der Waals surface area contributed by atoms with Gasteiger partial charge in [0.05, 0.1) is 17.1 Å². The van der Waals surface area contributed by atoms with Crippen LogP contribution < -0.4 is 5.32 Å². The van der Waals surface area contributed by atoms with Crippen LogP contribution in [0.1, 0.15) is 57.6 Å². The second-order valence-electron chi connectivity index (χ2n) is 9.61. The van der Waals surface area contributed by atoms with Crippen LogP contribution in [0.25, 0.3) is 6.08 Å². The van der Waals surface area contributed by atoms with E-state index < -0.39 is 17.3 Å². The maximum atomic E-state index is 13.2. The number of halogens is 5. The van der Waals surface area contributed by atoms with E-state index in [1.54, 1.807) is 22.9 Å². The lowest BCUT2D eigenvalue weighted by Gasteiger charge is -2.33. The van der Waals surface area contributed by atoms with E-state index >= 15 is 0 Å². The average Bonchev–Trinajstić information content (AvgIpc) is 3.18. The van der Waals surface area contributed by atoms with Crippen molar-refractivity contribution in [1.82, 2.24) is 20.2 Å². The van der Waals surface area contributed by atoms with Crippen LogP contribution in [0.4, 0.5) is 18.9 Å². The predicted octanol–water partition coefficient (Wildman–Crippen LogP) is 7.65. The van der Waals surface area contributed by atoms with Gasteiger partial charge >= 0.3 is 6.18 Å². The average molecular weight is 512 g/mol. The van der Waals surface area contributed by atoms with Crippen LogP contribution in [0.3, 0.4) is 0 Å². The minimum atomic E-state index is -4.44. The van der Waals surface area contributed by atoms with Crippen molar-refractivity contribution in [2.24, 2.45) is 5.41 Å². The van der Waals surface area contributed by atoms with Crippen LogP contribution in [-0.2, 0) is 11.7 Å². The van der Waals surface area contributed by atoms with Gasteiger partial charge in [-0.1, -0.05) is 68.3 Å². The fourth-order valence-electron chi connectivity index (χ4n) is 3.55. The molecule has 3 aromatic rings. The van der Waals surface area contributed by atoms with Crippen LogP contribution in [0.15, 0.2) is 48.5 Å². The third-order valence-corrected chi connectivity index (χ3v) is 5.83. The number of alkyl halides is 3. The molecule has 0 aliphatic carbocycles. The summed E-state index contributed by atoms with van der Waals surface area (Å²) in [4.78, 5) is 0. The SMILES string of the molecule is CC(C)(Nc1cccc(C(F)(F)F)c1)c1nnnn1C(/C=C/c1ccc(Cl)cc1Cl)C(C)(C)C. The molecule has 10 heteroatoms. The second-order valence-corrected chi connectivity index (χ2v) is 10.5. The van der Waals surface area contributed by atoms with Gasteiger partial charge in [0, 0.05) is 15.7 Å². The highest BCUT2D eigenvalue weighted by Gasteiger charge is 2.35. The molecule has 3 rings (SSSR count). The van der Waals surface area contributed by atoms with E-state index in [2.05, 4.69) is 20.8 Å². The molecule has 5 nitrogen and oxygen atoms in total. The first-order chi connectivity index (χ1) is 15.7. The van der Waals surface area contributed by atoms with Crippen LogP contribution in [0.2, 0.25) is 10.0 Å². The van der Waals surface area contributed by atoms with E-state index in [0.717, 1.165) is 17.7 Å². The second kappa shape index (κ2) is 9.58. The van der Waals surface area contributed by atoms with E-state index in [4.69, 9.17) is 23.2 Å². The van der Waals surface area contributed by atoms with Crippen LogP contribution in [-0.4, -0.2) is 20.2 Å². The number of nitrogens with one attached hydrogen (secondary N) is 1.